The quantitative estimate of drug-likeness (QED) is 0.430. The maximum Gasteiger partial charge on any atom is 0.255 e. The zero-order valence-electron chi connectivity index (χ0n) is 19.6. The van der Waals surface area contributed by atoms with Gasteiger partial charge in [-0.25, -0.2) is 0 Å². The average Bonchev–Trinajstić information content (AvgIpc) is 3.09. The van der Waals surface area contributed by atoms with Crippen molar-refractivity contribution in [2.24, 2.45) is 0 Å². The van der Waals surface area contributed by atoms with Crippen molar-refractivity contribution < 1.29 is 14.3 Å². The van der Waals surface area contributed by atoms with Crippen LogP contribution in [-0.2, 0) is 0 Å². The van der Waals surface area contributed by atoms with Crippen LogP contribution in [0.25, 0.3) is 0 Å². The summed E-state index contributed by atoms with van der Waals surface area (Å²) in [5.74, 6) is 0.115. The molecule has 7 nitrogen and oxygen atoms in total. The molecule has 0 atom stereocenters. The molecule has 34 heavy (non-hydrogen) atoms. The van der Waals surface area contributed by atoms with Crippen LogP contribution in [-0.4, -0.2) is 56.9 Å². The van der Waals surface area contributed by atoms with E-state index in [0.717, 1.165) is 38.3 Å². The predicted molar refractivity (Wildman–Crippen MR) is 136 cm³/mol. The Labute approximate surface area is 200 Å². The van der Waals surface area contributed by atoms with Gasteiger partial charge in [0.05, 0.1) is 18.5 Å². The Morgan fingerprint density at radius 1 is 0.882 bits per heavy atom. The lowest BCUT2D eigenvalue weighted by Crippen LogP contribution is -2.28. The maximum absolute atomic E-state index is 13.2. The molecule has 1 aliphatic heterocycles. The summed E-state index contributed by atoms with van der Waals surface area (Å²) in [7, 11) is 3.71. The van der Waals surface area contributed by atoms with Crippen LogP contribution in [0.4, 0.5) is 17.1 Å². The molecular weight excluding hydrogens is 428 g/mol. The third-order valence-electron chi connectivity index (χ3n) is 6.15. The molecule has 3 aromatic rings. The number of ether oxygens (including phenoxy) is 1. The van der Waals surface area contributed by atoms with Gasteiger partial charge in [-0.15, -0.1) is 0 Å². The Morgan fingerprint density at radius 3 is 2.29 bits per heavy atom. The maximum atomic E-state index is 13.2. The van der Waals surface area contributed by atoms with E-state index in [2.05, 4.69) is 22.2 Å². The fourth-order valence-corrected chi connectivity index (χ4v) is 4.11. The van der Waals surface area contributed by atoms with Crippen LogP contribution >= 0.6 is 0 Å². The van der Waals surface area contributed by atoms with Crippen LogP contribution in [0, 0.1) is 0 Å². The topological polar surface area (TPSA) is 87.9 Å². The smallest absolute Gasteiger partial charge is 0.255 e. The van der Waals surface area contributed by atoms with Crippen molar-refractivity contribution in [3.05, 3.63) is 83.4 Å². The first-order valence-electron chi connectivity index (χ1n) is 11.4. The van der Waals surface area contributed by atoms with Gasteiger partial charge in [0.1, 0.15) is 5.75 Å². The number of hydrogen-bond acceptors (Lipinski definition) is 6. The molecule has 1 aliphatic rings. The number of carbonyl (C=O) groups excluding carboxylic acids is 2. The highest BCUT2D eigenvalue weighted by Gasteiger charge is 2.19. The second-order valence-electron chi connectivity index (χ2n) is 8.47. The van der Waals surface area contributed by atoms with E-state index in [-0.39, 0.29) is 11.7 Å². The third kappa shape index (κ3) is 5.21. The van der Waals surface area contributed by atoms with Crippen molar-refractivity contribution in [3.63, 3.8) is 0 Å². The minimum Gasteiger partial charge on any atom is -0.497 e. The molecule has 0 spiro atoms. The second kappa shape index (κ2) is 10.4. The van der Waals surface area contributed by atoms with Crippen molar-refractivity contribution in [2.75, 3.05) is 56.3 Å². The summed E-state index contributed by atoms with van der Waals surface area (Å²) < 4.78 is 5.16. The largest absolute Gasteiger partial charge is 0.497 e. The van der Waals surface area contributed by atoms with Crippen molar-refractivity contribution in [1.29, 1.82) is 0 Å². The summed E-state index contributed by atoms with van der Waals surface area (Å²) in [6, 6.07) is 19.4. The Hall–Kier alpha value is -3.84. The van der Waals surface area contributed by atoms with Gasteiger partial charge in [-0.3, -0.25) is 9.59 Å². The first-order valence-corrected chi connectivity index (χ1v) is 11.4. The number of nitrogens with two attached hydrogens (primary N) is 1. The summed E-state index contributed by atoms with van der Waals surface area (Å²) in [6.07, 6.45) is 1.11. The molecule has 0 bridgehead atoms. The van der Waals surface area contributed by atoms with E-state index in [1.807, 2.05) is 24.3 Å². The van der Waals surface area contributed by atoms with Crippen LogP contribution < -0.4 is 20.7 Å². The summed E-state index contributed by atoms with van der Waals surface area (Å²) in [4.78, 5) is 30.9. The zero-order chi connectivity index (χ0) is 24.1. The lowest BCUT2D eigenvalue weighted by molar-refractivity contribution is 0.102. The minimum atomic E-state index is -0.316. The molecule has 1 fully saturated rings. The van der Waals surface area contributed by atoms with Crippen LogP contribution in [0.2, 0.25) is 0 Å². The van der Waals surface area contributed by atoms with E-state index in [4.69, 9.17) is 10.5 Å². The summed E-state index contributed by atoms with van der Waals surface area (Å²) in [6.45, 7) is 4.06. The Bertz CT molecular complexity index is 1160. The number of methoxy groups -OCH3 is 1. The summed E-state index contributed by atoms with van der Waals surface area (Å²) in [5.41, 5.74) is 9.22. The number of ketones is 1. The SMILES string of the molecule is COc1ccc(C(=O)c2cccc(N)c2NC(=O)c2ccc(N3CCCN(C)CC3)cc2)cc1. The van der Waals surface area contributed by atoms with Gasteiger partial charge in [0.2, 0.25) is 0 Å². The summed E-state index contributed by atoms with van der Waals surface area (Å²) >= 11 is 0. The molecule has 4 rings (SSSR count). The number of amides is 1. The minimum absolute atomic E-state index is 0.230. The summed E-state index contributed by atoms with van der Waals surface area (Å²) in [5, 5.41) is 2.85. The van der Waals surface area contributed by atoms with E-state index in [1.54, 1.807) is 49.6 Å². The van der Waals surface area contributed by atoms with Crippen LogP contribution in [0.15, 0.2) is 66.7 Å². The molecule has 176 valence electrons. The standard InChI is InChI=1S/C27H30N4O3/c1-30-15-4-16-31(18-17-30)21-11-7-20(8-12-21)27(33)29-25-23(5-3-6-24(25)28)26(32)19-9-13-22(34-2)14-10-19/h3,5-14H,4,15-18,28H2,1-2H3,(H,29,33). The number of rotatable bonds is 6. The Morgan fingerprint density at radius 2 is 1.59 bits per heavy atom. The number of likely N-dealkylation sites (N-methyl/N-ethyl adjacent to an activating group) is 1. The predicted octanol–water partition coefficient (Wildman–Crippen LogP) is 3.90. The van der Waals surface area contributed by atoms with Gasteiger partial charge in [0.15, 0.2) is 5.78 Å². The van der Waals surface area contributed by atoms with E-state index in [1.165, 1.54) is 0 Å². The highest BCUT2D eigenvalue weighted by Crippen LogP contribution is 2.27. The van der Waals surface area contributed by atoms with Gasteiger partial charge in [-0.05, 0) is 80.7 Å². The molecule has 0 radical (unpaired) electrons. The normalized spacial score (nSPS) is 14.4. The number of nitrogens with one attached hydrogen (secondary N) is 1. The monoisotopic (exact) mass is 458 g/mol. The average molecular weight is 459 g/mol. The molecule has 0 aromatic heterocycles. The first kappa shape index (κ1) is 23.3. The molecule has 0 saturated carbocycles. The molecule has 0 aliphatic carbocycles. The molecule has 1 amide bonds. The van der Waals surface area contributed by atoms with Gasteiger partial charge < -0.3 is 25.6 Å². The third-order valence-corrected chi connectivity index (χ3v) is 6.15. The van der Waals surface area contributed by atoms with Crippen molar-refractivity contribution in [3.8, 4) is 5.75 Å². The van der Waals surface area contributed by atoms with Crippen LogP contribution in [0.1, 0.15) is 32.7 Å². The van der Waals surface area contributed by atoms with E-state index >= 15 is 0 Å². The zero-order valence-corrected chi connectivity index (χ0v) is 19.6. The lowest BCUT2D eigenvalue weighted by atomic mass is 10.00. The molecule has 1 heterocycles. The lowest BCUT2D eigenvalue weighted by Gasteiger charge is -2.23. The number of benzene rings is 3. The van der Waals surface area contributed by atoms with Crippen molar-refractivity contribution in [1.82, 2.24) is 4.90 Å². The Balaban J connectivity index is 1.52. The van der Waals surface area contributed by atoms with Gasteiger partial charge in [-0.2, -0.15) is 0 Å². The van der Waals surface area contributed by atoms with E-state index in [0.29, 0.717) is 33.8 Å². The number of para-hydroxylation sites is 1. The van der Waals surface area contributed by atoms with E-state index in [9.17, 15) is 9.59 Å². The fraction of sp³-hybridized carbons (Fsp3) is 0.259. The van der Waals surface area contributed by atoms with Crippen molar-refractivity contribution in [2.45, 2.75) is 6.42 Å². The molecule has 7 heteroatoms. The number of hydrogen-bond donors (Lipinski definition) is 2. The second-order valence-corrected chi connectivity index (χ2v) is 8.47. The Kier molecular flexibility index (Phi) is 7.13. The molecule has 1 saturated heterocycles. The van der Waals surface area contributed by atoms with Gasteiger partial charge >= 0.3 is 0 Å². The molecule has 3 N–H and O–H groups in total. The number of nitrogens with zero attached hydrogens (tertiary/aromatic N) is 2. The number of carbonyl (C=O) groups is 2. The fourth-order valence-electron chi connectivity index (χ4n) is 4.11. The number of nitrogen functional groups attached to an aromatic ring is 1. The van der Waals surface area contributed by atoms with Gasteiger partial charge in [0.25, 0.3) is 5.91 Å². The number of anilines is 3. The molecule has 3 aromatic carbocycles. The van der Waals surface area contributed by atoms with Gasteiger partial charge in [0, 0.05) is 42.0 Å². The van der Waals surface area contributed by atoms with Crippen LogP contribution in [0.3, 0.4) is 0 Å². The van der Waals surface area contributed by atoms with Gasteiger partial charge in [-0.1, -0.05) is 6.07 Å². The molecular formula is C27H30N4O3. The highest BCUT2D eigenvalue weighted by molar-refractivity contribution is 6.17. The van der Waals surface area contributed by atoms with Crippen LogP contribution in [0.5, 0.6) is 5.75 Å². The first-order chi connectivity index (χ1) is 16.5. The highest BCUT2D eigenvalue weighted by atomic mass is 16.5. The van der Waals surface area contributed by atoms with Crippen molar-refractivity contribution >= 4 is 28.8 Å². The van der Waals surface area contributed by atoms with E-state index < -0.39 is 0 Å². The molecule has 0 unspecified atom stereocenters.